The van der Waals surface area contributed by atoms with Crippen molar-refractivity contribution in [2.75, 3.05) is 7.11 Å². The van der Waals surface area contributed by atoms with Crippen LogP contribution in [0.1, 0.15) is 0 Å². The Kier molecular flexibility index (Phi) is 2.99. The molecule has 0 aliphatic carbocycles. The van der Waals surface area contributed by atoms with Crippen molar-refractivity contribution in [1.82, 2.24) is 4.98 Å². The average molecular weight is 239 g/mol. The summed E-state index contributed by atoms with van der Waals surface area (Å²) in [6.07, 6.45) is 0.901. The van der Waals surface area contributed by atoms with E-state index < -0.39 is 17.5 Å². The van der Waals surface area contributed by atoms with Gasteiger partial charge < -0.3 is 4.74 Å². The molecular weight excluding hydrogens is 231 g/mol. The van der Waals surface area contributed by atoms with Gasteiger partial charge in [0.2, 0.25) is 5.88 Å². The zero-order valence-corrected chi connectivity index (χ0v) is 8.88. The molecule has 2 nitrogen and oxygen atoms in total. The van der Waals surface area contributed by atoms with Gasteiger partial charge in [0.1, 0.15) is 5.82 Å². The van der Waals surface area contributed by atoms with Crippen LogP contribution in [0.15, 0.2) is 30.5 Å². The highest BCUT2D eigenvalue weighted by Crippen LogP contribution is 2.28. The predicted molar refractivity (Wildman–Crippen MR) is 56.1 cm³/mol. The minimum absolute atomic E-state index is 0.0890. The van der Waals surface area contributed by atoms with Crippen molar-refractivity contribution in [2.24, 2.45) is 0 Å². The first-order valence-corrected chi connectivity index (χ1v) is 4.77. The Hall–Kier alpha value is -2.04. The molecule has 0 radical (unpaired) electrons. The summed E-state index contributed by atoms with van der Waals surface area (Å²) in [6.45, 7) is 0. The molecule has 2 aromatic rings. The maximum atomic E-state index is 13.5. The van der Waals surface area contributed by atoms with Crippen LogP contribution in [-0.4, -0.2) is 12.1 Å². The molecular formula is C12H8F3NO. The van der Waals surface area contributed by atoms with Crippen LogP contribution in [0, 0.1) is 17.5 Å². The summed E-state index contributed by atoms with van der Waals surface area (Å²) >= 11 is 0. The minimum atomic E-state index is -1.10. The van der Waals surface area contributed by atoms with Crippen LogP contribution < -0.4 is 4.74 Å². The summed E-state index contributed by atoms with van der Waals surface area (Å²) < 4.78 is 44.8. The lowest BCUT2D eigenvalue weighted by Gasteiger charge is -2.07. The molecule has 5 heteroatoms. The highest BCUT2D eigenvalue weighted by molar-refractivity contribution is 5.65. The van der Waals surface area contributed by atoms with Gasteiger partial charge in [0.15, 0.2) is 11.6 Å². The summed E-state index contributed by atoms with van der Waals surface area (Å²) in [5.74, 6) is -2.74. The fraction of sp³-hybridized carbons (Fsp3) is 0.0833. The number of nitrogens with zero attached hydrogens (tertiary/aromatic N) is 1. The fourth-order valence-electron chi connectivity index (χ4n) is 1.45. The topological polar surface area (TPSA) is 22.1 Å². The van der Waals surface area contributed by atoms with E-state index in [9.17, 15) is 13.2 Å². The maximum absolute atomic E-state index is 13.5. The summed E-state index contributed by atoms with van der Waals surface area (Å²) in [7, 11) is 1.35. The molecule has 0 fully saturated rings. The molecule has 0 unspecified atom stereocenters. The first kappa shape index (κ1) is 11.4. The van der Waals surface area contributed by atoms with Crippen LogP contribution in [0.25, 0.3) is 11.1 Å². The van der Waals surface area contributed by atoms with E-state index in [1.165, 1.54) is 25.3 Å². The lowest BCUT2D eigenvalue weighted by molar-refractivity contribution is 0.396. The number of benzene rings is 1. The van der Waals surface area contributed by atoms with Gasteiger partial charge in [-0.1, -0.05) is 12.1 Å². The van der Waals surface area contributed by atoms with Crippen molar-refractivity contribution in [2.45, 2.75) is 0 Å². The zero-order valence-electron chi connectivity index (χ0n) is 8.88. The molecule has 0 saturated carbocycles. The number of halogens is 3. The molecule has 0 spiro atoms. The van der Waals surface area contributed by atoms with Crippen molar-refractivity contribution in [3.63, 3.8) is 0 Å². The van der Waals surface area contributed by atoms with Gasteiger partial charge in [0.25, 0.3) is 0 Å². The Bertz CT molecular complexity index is 557. The van der Waals surface area contributed by atoms with E-state index in [1.54, 1.807) is 0 Å². The molecule has 0 atom stereocenters. The molecule has 17 heavy (non-hydrogen) atoms. The number of ether oxygens (including phenoxy) is 1. The van der Waals surface area contributed by atoms with Crippen molar-refractivity contribution in [1.29, 1.82) is 0 Å². The first-order valence-electron chi connectivity index (χ1n) is 4.77. The number of aromatic nitrogens is 1. The van der Waals surface area contributed by atoms with Gasteiger partial charge in [0.05, 0.1) is 13.3 Å². The molecule has 0 amide bonds. The third-order valence-corrected chi connectivity index (χ3v) is 2.28. The molecule has 0 saturated heterocycles. The largest absolute Gasteiger partial charge is 0.481 e. The van der Waals surface area contributed by atoms with E-state index in [2.05, 4.69) is 4.98 Å². The molecule has 1 aromatic heterocycles. The second kappa shape index (κ2) is 4.45. The Balaban J connectivity index is 2.63. The van der Waals surface area contributed by atoms with Crippen LogP contribution in [0.5, 0.6) is 5.88 Å². The van der Waals surface area contributed by atoms with E-state index in [0.29, 0.717) is 0 Å². The van der Waals surface area contributed by atoms with Crippen LogP contribution >= 0.6 is 0 Å². The normalized spacial score (nSPS) is 10.4. The lowest BCUT2D eigenvalue weighted by atomic mass is 10.1. The van der Waals surface area contributed by atoms with E-state index in [0.717, 1.165) is 12.3 Å². The Morgan fingerprint density at radius 1 is 1.06 bits per heavy atom. The van der Waals surface area contributed by atoms with Gasteiger partial charge in [-0.3, -0.25) is 0 Å². The average Bonchev–Trinajstić information content (AvgIpc) is 2.34. The second-order valence-corrected chi connectivity index (χ2v) is 3.31. The van der Waals surface area contributed by atoms with Gasteiger partial charge in [-0.2, -0.15) is 0 Å². The highest BCUT2D eigenvalue weighted by atomic mass is 19.2. The SMILES string of the molecule is COc1cc(-c2cccc(F)c2F)c(F)cn1. The number of methoxy groups -OCH3 is 1. The van der Waals surface area contributed by atoms with Crippen LogP contribution in [0.4, 0.5) is 13.2 Å². The monoisotopic (exact) mass is 239 g/mol. The molecule has 0 N–H and O–H groups in total. The van der Waals surface area contributed by atoms with E-state index in [-0.39, 0.29) is 17.0 Å². The standard InChI is InChI=1S/C12H8F3NO/c1-17-11-5-8(10(14)6-16-11)7-3-2-4-9(13)12(7)15/h2-6H,1H3. The third kappa shape index (κ3) is 2.08. The van der Waals surface area contributed by atoms with Crippen LogP contribution in [0.2, 0.25) is 0 Å². The maximum Gasteiger partial charge on any atom is 0.213 e. The van der Waals surface area contributed by atoms with Crippen molar-refractivity contribution >= 4 is 0 Å². The van der Waals surface area contributed by atoms with Crippen LogP contribution in [-0.2, 0) is 0 Å². The number of hydrogen-bond acceptors (Lipinski definition) is 2. The number of pyridine rings is 1. The third-order valence-electron chi connectivity index (χ3n) is 2.28. The summed E-state index contributed by atoms with van der Waals surface area (Å²) in [5.41, 5.74) is -0.253. The van der Waals surface area contributed by atoms with E-state index in [4.69, 9.17) is 4.74 Å². The quantitative estimate of drug-likeness (QED) is 0.803. The summed E-state index contributed by atoms with van der Waals surface area (Å²) in [5, 5.41) is 0. The Labute approximate surface area is 95.7 Å². The fourth-order valence-corrected chi connectivity index (χ4v) is 1.45. The van der Waals surface area contributed by atoms with Crippen molar-refractivity contribution in [3.05, 3.63) is 47.9 Å². The minimum Gasteiger partial charge on any atom is -0.481 e. The van der Waals surface area contributed by atoms with E-state index >= 15 is 0 Å². The van der Waals surface area contributed by atoms with Crippen LogP contribution in [0.3, 0.4) is 0 Å². The van der Waals surface area contributed by atoms with E-state index in [1.807, 2.05) is 0 Å². The van der Waals surface area contributed by atoms with Gasteiger partial charge in [-0.05, 0) is 6.07 Å². The Morgan fingerprint density at radius 3 is 2.53 bits per heavy atom. The van der Waals surface area contributed by atoms with Crippen molar-refractivity contribution < 1.29 is 17.9 Å². The number of rotatable bonds is 2. The van der Waals surface area contributed by atoms with Crippen molar-refractivity contribution in [3.8, 4) is 17.0 Å². The first-order chi connectivity index (χ1) is 8.13. The smallest absolute Gasteiger partial charge is 0.213 e. The lowest BCUT2D eigenvalue weighted by Crippen LogP contribution is -1.95. The zero-order chi connectivity index (χ0) is 12.4. The Morgan fingerprint density at radius 2 is 1.82 bits per heavy atom. The van der Waals surface area contributed by atoms with Gasteiger partial charge in [0, 0.05) is 17.2 Å². The molecule has 2 rings (SSSR count). The predicted octanol–water partition coefficient (Wildman–Crippen LogP) is 3.17. The second-order valence-electron chi connectivity index (χ2n) is 3.31. The van der Waals surface area contributed by atoms with Gasteiger partial charge in [-0.15, -0.1) is 0 Å². The molecule has 0 aliphatic rings. The number of hydrogen-bond donors (Lipinski definition) is 0. The highest BCUT2D eigenvalue weighted by Gasteiger charge is 2.14. The summed E-state index contributed by atoms with van der Waals surface area (Å²) in [4.78, 5) is 3.62. The molecule has 0 aliphatic heterocycles. The van der Waals surface area contributed by atoms with Gasteiger partial charge in [-0.25, -0.2) is 18.2 Å². The molecule has 1 heterocycles. The molecule has 1 aromatic carbocycles. The molecule has 0 bridgehead atoms. The van der Waals surface area contributed by atoms with Gasteiger partial charge >= 0.3 is 0 Å². The molecule has 88 valence electrons. The summed E-state index contributed by atoms with van der Waals surface area (Å²) in [6, 6.07) is 4.78.